The minimum absolute atomic E-state index is 0.292. The Morgan fingerprint density at radius 3 is 2.96 bits per heavy atom. The van der Waals surface area contributed by atoms with Gasteiger partial charge in [0.05, 0.1) is 12.8 Å². The van der Waals surface area contributed by atoms with Crippen LogP contribution in [0, 0.1) is 0 Å². The Hall–Kier alpha value is -2.82. The molecular formula is C18H19N3O2. The molecule has 23 heavy (non-hydrogen) atoms. The largest absolute Gasteiger partial charge is 0.492 e. The molecule has 0 unspecified atom stereocenters. The second kappa shape index (κ2) is 6.52. The number of nitrogens with two attached hydrogens (primary N) is 1. The number of primary amides is 1. The summed E-state index contributed by atoms with van der Waals surface area (Å²) in [5.74, 6) is 0.135. The van der Waals surface area contributed by atoms with Crippen molar-refractivity contribution < 1.29 is 9.53 Å². The van der Waals surface area contributed by atoms with E-state index in [1.165, 1.54) is 0 Å². The summed E-state index contributed by atoms with van der Waals surface area (Å²) in [6.45, 7) is 2.66. The second-order valence-electron chi connectivity index (χ2n) is 5.47. The minimum Gasteiger partial charge on any atom is -0.492 e. The molecule has 3 aromatic rings. The van der Waals surface area contributed by atoms with E-state index in [1.807, 2.05) is 31.3 Å². The number of aromatic amines is 1. The third-order valence-electron chi connectivity index (χ3n) is 3.66. The molecule has 118 valence electrons. The van der Waals surface area contributed by atoms with Gasteiger partial charge < -0.3 is 15.5 Å². The predicted octanol–water partition coefficient (Wildman–Crippen LogP) is 3.04. The molecule has 3 N–H and O–H groups in total. The highest BCUT2D eigenvalue weighted by atomic mass is 16.5. The first-order valence-corrected chi connectivity index (χ1v) is 7.65. The van der Waals surface area contributed by atoms with Gasteiger partial charge in [0, 0.05) is 11.7 Å². The van der Waals surface area contributed by atoms with Crippen LogP contribution in [0.5, 0.6) is 5.75 Å². The molecule has 2 heterocycles. The molecule has 1 aromatic carbocycles. The van der Waals surface area contributed by atoms with Crippen molar-refractivity contribution in [1.29, 1.82) is 0 Å². The summed E-state index contributed by atoms with van der Waals surface area (Å²) >= 11 is 0. The number of hydrogen-bond donors (Lipinski definition) is 2. The Bertz CT molecular complexity index is 839. The lowest BCUT2D eigenvalue weighted by Gasteiger charge is -2.10. The molecule has 2 aromatic heterocycles. The standard InChI is InChI=1S/C18H19N3O2/c1-2-7-23-15-10-14(17(18(19)22)21-11-15)8-12-3-4-13-5-6-20-16(13)9-12/h3-6,9-11,20H,2,7-8H2,1H3,(H2,19,22). The van der Waals surface area contributed by atoms with Gasteiger partial charge in [0.15, 0.2) is 0 Å². The molecular weight excluding hydrogens is 290 g/mol. The van der Waals surface area contributed by atoms with E-state index in [1.54, 1.807) is 6.20 Å². The van der Waals surface area contributed by atoms with Crippen molar-refractivity contribution in [3.63, 3.8) is 0 Å². The van der Waals surface area contributed by atoms with Gasteiger partial charge >= 0.3 is 0 Å². The fourth-order valence-corrected chi connectivity index (χ4v) is 2.57. The number of aromatic nitrogens is 2. The molecule has 0 radical (unpaired) electrons. The van der Waals surface area contributed by atoms with Crippen molar-refractivity contribution in [3.8, 4) is 5.75 Å². The summed E-state index contributed by atoms with van der Waals surface area (Å²) in [5.41, 5.74) is 8.66. The van der Waals surface area contributed by atoms with Gasteiger partial charge in [-0.3, -0.25) is 4.79 Å². The van der Waals surface area contributed by atoms with Gasteiger partial charge in [0.2, 0.25) is 0 Å². The smallest absolute Gasteiger partial charge is 0.267 e. The molecule has 5 heteroatoms. The van der Waals surface area contributed by atoms with Crippen LogP contribution in [0.25, 0.3) is 10.9 Å². The third-order valence-corrected chi connectivity index (χ3v) is 3.66. The number of hydrogen-bond acceptors (Lipinski definition) is 3. The van der Waals surface area contributed by atoms with Gasteiger partial charge in [-0.15, -0.1) is 0 Å². The maximum atomic E-state index is 11.6. The molecule has 0 saturated carbocycles. The van der Waals surface area contributed by atoms with Crippen molar-refractivity contribution in [1.82, 2.24) is 9.97 Å². The number of nitrogens with zero attached hydrogens (tertiary/aromatic N) is 1. The van der Waals surface area contributed by atoms with Gasteiger partial charge in [0.25, 0.3) is 5.91 Å². The average molecular weight is 309 g/mol. The maximum Gasteiger partial charge on any atom is 0.267 e. The zero-order valence-corrected chi connectivity index (χ0v) is 13.0. The lowest BCUT2D eigenvalue weighted by atomic mass is 10.0. The van der Waals surface area contributed by atoms with Crippen LogP contribution in [0.1, 0.15) is 35.0 Å². The van der Waals surface area contributed by atoms with Crippen LogP contribution in [-0.2, 0) is 6.42 Å². The summed E-state index contributed by atoms with van der Waals surface area (Å²) in [4.78, 5) is 19.0. The van der Waals surface area contributed by atoms with Gasteiger partial charge in [-0.05, 0) is 47.6 Å². The van der Waals surface area contributed by atoms with E-state index in [4.69, 9.17) is 10.5 Å². The van der Waals surface area contributed by atoms with Crippen molar-refractivity contribution in [2.45, 2.75) is 19.8 Å². The molecule has 0 aliphatic heterocycles. The second-order valence-corrected chi connectivity index (χ2v) is 5.47. The van der Waals surface area contributed by atoms with Crippen LogP contribution in [0.3, 0.4) is 0 Å². The molecule has 0 fully saturated rings. The first kappa shape index (κ1) is 15.1. The fraction of sp³-hybridized carbons (Fsp3) is 0.222. The number of fused-ring (bicyclic) bond motifs is 1. The lowest BCUT2D eigenvalue weighted by Crippen LogP contribution is -2.16. The molecule has 0 atom stereocenters. The Morgan fingerprint density at radius 1 is 1.30 bits per heavy atom. The van der Waals surface area contributed by atoms with E-state index >= 15 is 0 Å². The SMILES string of the molecule is CCCOc1cnc(C(N)=O)c(Cc2ccc3cc[nH]c3c2)c1. The number of pyridine rings is 1. The third kappa shape index (κ3) is 3.34. The Morgan fingerprint density at radius 2 is 2.17 bits per heavy atom. The predicted molar refractivity (Wildman–Crippen MR) is 89.6 cm³/mol. The molecule has 3 rings (SSSR count). The van der Waals surface area contributed by atoms with E-state index < -0.39 is 5.91 Å². The fourth-order valence-electron chi connectivity index (χ4n) is 2.57. The van der Waals surface area contributed by atoms with Crippen LogP contribution < -0.4 is 10.5 Å². The molecule has 5 nitrogen and oxygen atoms in total. The summed E-state index contributed by atoms with van der Waals surface area (Å²) in [6.07, 6.45) is 4.94. The Labute approximate surface area is 134 Å². The zero-order chi connectivity index (χ0) is 16.2. The van der Waals surface area contributed by atoms with Gasteiger partial charge in [-0.25, -0.2) is 4.98 Å². The van der Waals surface area contributed by atoms with Crippen molar-refractivity contribution in [3.05, 3.63) is 59.5 Å². The number of rotatable bonds is 6. The van der Waals surface area contributed by atoms with Crippen LogP contribution in [0.2, 0.25) is 0 Å². The average Bonchev–Trinajstić information content (AvgIpc) is 3.00. The summed E-state index contributed by atoms with van der Waals surface area (Å²) in [6, 6.07) is 10.0. The van der Waals surface area contributed by atoms with Crippen LogP contribution in [0.4, 0.5) is 0 Å². The maximum absolute atomic E-state index is 11.6. The quantitative estimate of drug-likeness (QED) is 0.734. The number of carbonyl (C=O) groups excluding carboxylic acids is 1. The summed E-state index contributed by atoms with van der Waals surface area (Å²) < 4.78 is 5.61. The normalized spacial score (nSPS) is 10.8. The van der Waals surface area contributed by atoms with Crippen LogP contribution in [0.15, 0.2) is 42.7 Å². The summed E-state index contributed by atoms with van der Waals surface area (Å²) in [7, 11) is 0. The van der Waals surface area contributed by atoms with Crippen LogP contribution >= 0.6 is 0 Å². The van der Waals surface area contributed by atoms with E-state index in [0.717, 1.165) is 28.5 Å². The number of H-pyrrole nitrogens is 1. The van der Waals surface area contributed by atoms with Gasteiger partial charge in [-0.1, -0.05) is 19.1 Å². The number of benzene rings is 1. The van der Waals surface area contributed by atoms with Crippen molar-refractivity contribution in [2.24, 2.45) is 5.73 Å². The molecule has 0 aliphatic rings. The van der Waals surface area contributed by atoms with Gasteiger partial charge in [0.1, 0.15) is 11.4 Å². The zero-order valence-electron chi connectivity index (χ0n) is 13.0. The van der Waals surface area contributed by atoms with Crippen molar-refractivity contribution >= 4 is 16.8 Å². The summed E-state index contributed by atoms with van der Waals surface area (Å²) in [5, 5.41) is 1.15. The highest BCUT2D eigenvalue weighted by molar-refractivity contribution is 5.92. The topological polar surface area (TPSA) is 81.0 Å². The van der Waals surface area contributed by atoms with E-state index in [2.05, 4.69) is 22.1 Å². The first-order chi connectivity index (χ1) is 11.2. The Balaban J connectivity index is 1.93. The first-order valence-electron chi connectivity index (χ1n) is 7.65. The molecule has 1 amide bonds. The van der Waals surface area contributed by atoms with Crippen LogP contribution in [-0.4, -0.2) is 22.5 Å². The monoisotopic (exact) mass is 309 g/mol. The van der Waals surface area contributed by atoms with E-state index in [9.17, 15) is 4.79 Å². The van der Waals surface area contributed by atoms with Crippen molar-refractivity contribution in [2.75, 3.05) is 6.61 Å². The number of carbonyl (C=O) groups is 1. The highest BCUT2D eigenvalue weighted by Crippen LogP contribution is 2.21. The lowest BCUT2D eigenvalue weighted by molar-refractivity contribution is 0.0994. The van der Waals surface area contributed by atoms with E-state index in [0.29, 0.717) is 24.5 Å². The highest BCUT2D eigenvalue weighted by Gasteiger charge is 2.12. The number of amides is 1. The minimum atomic E-state index is -0.525. The molecule has 0 bridgehead atoms. The number of nitrogens with one attached hydrogen (secondary N) is 1. The Kier molecular flexibility index (Phi) is 4.28. The molecule has 0 spiro atoms. The van der Waals surface area contributed by atoms with E-state index in [-0.39, 0.29) is 0 Å². The molecule has 0 aliphatic carbocycles. The molecule has 0 saturated heterocycles. The number of ether oxygens (including phenoxy) is 1. The van der Waals surface area contributed by atoms with Gasteiger partial charge in [-0.2, -0.15) is 0 Å².